The highest BCUT2D eigenvalue weighted by Gasteiger charge is 2.14. The predicted molar refractivity (Wildman–Crippen MR) is 62.4 cm³/mol. The van der Waals surface area contributed by atoms with Gasteiger partial charge in [-0.3, -0.25) is 0 Å². The van der Waals surface area contributed by atoms with E-state index in [2.05, 4.69) is 24.3 Å². The topological polar surface area (TPSA) is 35.2 Å². The summed E-state index contributed by atoms with van der Waals surface area (Å²) in [5.41, 5.74) is 8.33. The molecule has 1 atom stereocenters. The average Bonchev–Trinajstić information content (AvgIpc) is 2.16. The molecule has 1 aromatic rings. The highest BCUT2D eigenvalue weighted by Crippen LogP contribution is 2.19. The Morgan fingerprint density at radius 3 is 2.73 bits per heavy atom. The molecule has 2 N–H and O–H groups in total. The summed E-state index contributed by atoms with van der Waals surface area (Å²) in [6, 6.07) is 8.35. The van der Waals surface area contributed by atoms with E-state index in [1.54, 1.807) is 0 Å². The Bertz CT molecular complexity index is 353. The third-order valence-corrected chi connectivity index (χ3v) is 2.70. The lowest BCUT2D eigenvalue weighted by atomic mass is 9.99. The molecule has 0 radical (unpaired) electrons. The van der Waals surface area contributed by atoms with Crippen molar-refractivity contribution < 1.29 is 4.74 Å². The molecule has 2 rings (SSSR count). The minimum absolute atomic E-state index is 0.0866. The van der Waals surface area contributed by atoms with Gasteiger partial charge in [0.25, 0.3) is 0 Å². The van der Waals surface area contributed by atoms with Gasteiger partial charge in [0.15, 0.2) is 0 Å². The van der Waals surface area contributed by atoms with Crippen LogP contribution in [-0.4, -0.2) is 13.2 Å². The van der Waals surface area contributed by atoms with Crippen molar-refractivity contribution in [3.8, 4) is 0 Å². The van der Waals surface area contributed by atoms with Crippen molar-refractivity contribution in [3.05, 3.63) is 41.5 Å². The maximum atomic E-state index is 5.91. The first-order chi connectivity index (χ1) is 7.27. The normalized spacial score (nSPS) is 19.1. The van der Waals surface area contributed by atoms with E-state index in [0.29, 0.717) is 5.92 Å². The van der Waals surface area contributed by atoms with Crippen LogP contribution >= 0.6 is 0 Å². The van der Waals surface area contributed by atoms with Crippen LogP contribution in [0.25, 0.3) is 6.08 Å². The quantitative estimate of drug-likeness (QED) is 0.818. The lowest BCUT2D eigenvalue weighted by Gasteiger charge is -2.22. The number of nitrogens with two attached hydrogens (primary N) is 1. The number of hydrogen-bond donors (Lipinski definition) is 1. The van der Waals surface area contributed by atoms with Gasteiger partial charge in [-0.15, -0.1) is 0 Å². The summed E-state index contributed by atoms with van der Waals surface area (Å²) < 4.78 is 5.13. The van der Waals surface area contributed by atoms with Gasteiger partial charge in [-0.1, -0.05) is 36.4 Å². The Morgan fingerprint density at radius 2 is 2.13 bits per heavy atom. The van der Waals surface area contributed by atoms with Crippen LogP contribution < -0.4 is 5.73 Å². The molecule has 1 aliphatic heterocycles. The molecule has 0 bridgehead atoms. The fourth-order valence-electron chi connectivity index (χ4n) is 1.68. The molecule has 0 aromatic heterocycles. The van der Waals surface area contributed by atoms with Crippen molar-refractivity contribution in [1.29, 1.82) is 0 Å². The lowest BCUT2D eigenvalue weighted by molar-refractivity contribution is -0.00730. The van der Waals surface area contributed by atoms with Crippen LogP contribution in [0.1, 0.15) is 24.1 Å². The first kappa shape index (κ1) is 10.4. The fourth-order valence-corrected chi connectivity index (χ4v) is 1.68. The first-order valence-corrected chi connectivity index (χ1v) is 5.38. The van der Waals surface area contributed by atoms with E-state index in [0.717, 1.165) is 13.2 Å². The third-order valence-electron chi connectivity index (χ3n) is 2.70. The molecule has 1 fully saturated rings. The Kier molecular flexibility index (Phi) is 3.19. The highest BCUT2D eigenvalue weighted by atomic mass is 16.5. The zero-order chi connectivity index (χ0) is 10.7. The second-order valence-corrected chi connectivity index (χ2v) is 4.07. The molecule has 1 aliphatic rings. The van der Waals surface area contributed by atoms with Crippen LogP contribution in [-0.2, 0) is 4.74 Å². The van der Waals surface area contributed by atoms with Crippen LogP contribution in [0.2, 0.25) is 0 Å². The molecule has 1 heterocycles. The summed E-state index contributed by atoms with van der Waals surface area (Å²) in [6.45, 7) is 3.73. The Hall–Kier alpha value is -1.12. The Balaban J connectivity index is 2.15. The smallest absolute Gasteiger partial charge is 0.0551 e. The van der Waals surface area contributed by atoms with E-state index in [4.69, 9.17) is 10.5 Å². The van der Waals surface area contributed by atoms with Crippen LogP contribution in [0.4, 0.5) is 0 Å². The minimum atomic E-state index is 0.0866. The molecule has 2 nitrogen and oxygen atoms in total. The van der Waals surface area contributed by atoms with E-state index < -0.39 is 0 Å². The highest BCUT2D eigenvalue weighted by molar-refractivity contribution is 5.54. The maximum Gasteiger partial charge on any atom is 0.0551 e. The van der Waals surface area contributed by atoms with Gasteiger partial charge in [0.05, 0.1) is 13.2 Å². The van der Waals surface area contributed by atoms with E-state index in [-0.39, 0.29) is 6.04 Å². The number of hydrogen-bond acceptors (Lipinski definition) is 2. The number of rotatable bonds is 3. The van der Waals surface area contributed by atoms with Gasteiger partial charge in [0.2, 0.25) is 0 Å². The molecular formula is C13H17NO. The van der Waals surface area contributed by atoms with Crippen molar-refractivity contribution in [2.24, 2.45) is 11.7 Å². The summed E-state index contributed by atoms with van der Waals surface area (Å²) in [7, 11) is 0. The summed E-state index contributed by atoms with van der Waals surface area (Å²) in [5, 5.41) is 0. The number of benzene rings is 1. The molecule has 15 heavy (non-hydrogen) atoms. The van der Waals surface area contributed by atoms with Crippen LogP contribution in [0.5, 0.6) is 0 Å². The third kappa shape index (κ3) is 2.46. The van der Waals surface area contributed by atoms with Gasteiger partial charge in [-0.25, -0.2) is 0 Å². The van der Waals surface area contributed by atoms with Crippen molar-refractivity contribution in [3.63, 3.8) is 0 Å². The van der Waals surface area contributed by atoms with E-state index >= 15 is 0 Å². The zero-order valence-electron chi connectivity index (χ0n) is 9.02. The average molecular weight is 203 g/mol. The summed E-state index contributed by atoms with van der Waals surface area (Å²) >= 11 is 0. The lowest BCUT2D eigenvalue weighted by Crippen LogP contribution is -2.25. The summed E-state index contributed by atoms with van der Waals surface area (Å²) in [5.74, 6) is 0.589. The van der Waals surface area contributed by atoms with Crippen molar-refractivity contribution >= 4 is 6.08 Å². The fraction of sp³-hybridized carbons (Fsp3) is 0.385. The molecule has 2 heteroatoms. The first-order valence-electron chi connectivity index (χ1n) is 5.38. The molecule has 0 spiro atoms. The summed E-state index contributed by atoms with van der Waals surface area (Å²) in [4.78, 5) is 0. The molecule has 0 unspecified atom stereocenters. The summed E-state index contributed by atoms with van der Waals surface area (Å²) in [6.07, 6.45) is 4.37. The van der Waals surface area contributed by atoms with E-state index in [1.165, 1.54) is 11.1 Å². The number of ether oxygens (including phenoxy) is 1. The monoisotopic (exact) mass is 203 g/mol. The minimum Gasteiger partial charge on any atom is -0.380 e. The van der Waals surface area contributed by atoms with Crippen molar-refractivity contribution in [1.82, 2.24) is 0 Å². The van der Waals surface area contributed by atoms with Gasteiger partial charge < -0.3 is 10.5 Å². The largest absolute Gasteiger partial charge is 0.380 e. The molecule has 0 amide bonds. The van der Waals surface area contributed by atoms with Crippen LogP contribution in [0.15, 0.2) is 30.3 Å². The Morgan fingerprint density at radius 1 is 1.40 bits per heavy atom. The van der Waals surface area contributed by atoms with Crippen LogP contribution in [0.3, 0.4) is 0 Å². The molecule has 0 saturated carbocycles. The van der Waals surface area contributed by atoms with Gasteiger partial charge in [0.1, 0.15) is 0 Å². The molecule has 0 aliphatic carbocycles. The zero-order valence-corrected chi connectivity index (χ0v) is 9.02. The van der Waals surface area contributed by atoms with E-state index in [1.807, 2.05) is 19.1 Å². The van der Waals surface area contributed by atoms with Crippen LogP contribution in [0, 0.1) is 5.92 Å². The van der Waals surface area contributed by atoms with E-state index in [9.17, 15) is 0 Å². The molecule has 80 valence electrons. The van der Waals surface area contributed by atoms with Gasteiger partial charge >= 0.3 is 0 Å². The van der Waals surface area contributed by atoms with Gasteiger partial charge in [0, 0.05) is 12.0 Å². The second kappa shape index (κ2) is 4.60. The maximum absolute atomic E-state index is 5.91. The van der Waals surface area contributed by atoms with Gasteiger partial charge in [-0.05, 0) is 18.1 Å². The predicted octanol–water partition coefficient (Wildman–Crippen LogP) is 2.37. The standard InChI is InChI=1S/C13H17NO/c1-10(14)13-5-3-2-4-12(13)7-6-11-8-15-9-11/h2-7,10-11H,8-9,14H2,1H3/b7-6+/t10-/m0/s1. The van der Waals surface area contributed by atoms with Crippen molar-refractivity contribution in [2.45, 2.75) is 13.0 Å². The molecule has 1 aromatic carbocycles. The van der Waals surface area contributed by atoms with Crippen molar-refractivity contribution in [2.75, 3.05) is 13.2 Å². The molecule has 1 saturated heterocycles. The Labute approximate surface area is 90.7 Å². The SMILES string of the molecule is C[C@H](N)c1ccccc1/C=C/C1COC1. The second-order valence-electron chi connectivity index (χ2n) is 4.07. The molecular weight excluding hydrogens is 186 g/mol. The van der Waals surface area contributed by atoms with Gasteiger partial charge in [-0.2, -0.15) is 0 Å².